The van der Waals surface area contributed by atoms with Crippen molar-refractivity contribution >= 4 is 53.6 Å². The summed E-state index contributed by atoms with van der Waals surface area (Å²) < 4.78 is 34.2. The van der Waals surface area contributed by atoms with Crippen molar-refractivity contribution in [2.75, 3.05) is 11.2 Å². The topological polar surface area (TPSA) is 182 Å². The number of anilines is 1. The fourth-order valence-electron chi connectivity index (χ4n) is 3.38. The zero-order valence-corrected chi connectivity index (χ0v) is 22.4. The molecule has 2 unspecified atom stereocenters. The number of nitrogens with one attached hydrogen (secondary N) is 2. The number of aliphatic carboxylic acids is 1. The number of aromatic hydroxyl groups is 1. The Hall–Kier alpha value is -2.30. The summed E-state index contributed by atoms with van der Waals surface area (Å²) >= 11 is 0.362. The third-order valence-electron chi connectivity index (χ3n) is 5.01. The molecule has 0 saturated heterocycles. The van der Waals surface area contributed by atoms with Gasteiger partial charge in [0.1, 0.15) is 5.88 Å². The first-order valence-corrected chi connectivity index (χ1v) is 14.8. The molecule has 1 aromatic carbocycles. The minimum atomic E-state index is -5.09. The van der Waals surface area contributed by atoms with E-state index in [4.69, 9.17) is 24.5 Å². The quantitative estimate of drug-likeness (QED) is 0.185. The molecule has 0 aliphatic heterocycles. The summed E-state index contributed by atoms with van der Waals surface area (Å²) in [6.07, 6.45) is 4.25. The van der Waals surface area contributed by atoms with Gasteiger partial charge in [0.05, 0.1) is 18.1 Å². The number of hydrogen-bond donors (Lipinski definition) is 6. The van der Waals surface area contributed by atoms with Crippen LogP contribution < -0.4 is 15.0 Å². The first-order valence-electron chi connectivity index (χ1n) is 10.9. The smallest absolute Gasteiger partial charge is 0.310 e. The number of carbonyl (C=O) groups is 3. The number of rotatable bonds is 9. The molecule has 0 aromatic heterocycles. The number of halogens is 1. The summed E-state index contributed by atoms with van der Waals surface area (Å²) in [5.74, 6) is -2.86. The Morgan fingerprint density at radius 1 is 1.20 bits per heavy atom. The molecule has 2 atom stereocenters. The molecule has 1 aliphatic carbocycles. The Morgan fingerprint density at radius 3 is 2.29 bits per heavy atom. The van der Waals surface area contributed by atoms with E-state index in [9.17, 15) is 28.3 Å². The molecule has 196 valence electrons. The molecule has 35 heavy (non-hydrogen) atoms. The second kappa shape index (κ2) is 14.3. The van der Waals surface area contributed by atoms with Crippen LogP contribution in [0.5, 0.6) is 5.75 Å². The summed E-state index contributed by atoms with van der Waals surface area (Å²) in [6, 6.07) is 3.51. The zero-order chi connectivity index (χ0) is 26.8. The average Bonchev–Trinajstić information content (AvgIpc) is 2.76. The number of carbonyl (C=O) groups excluding carboxylic acids is 2. The van der Waals surface area contributed by atoms with E-state index >= 15 is 0 Å². The van der Waals surface area contributed by atoms with E-state index in [0.717, 1.165) is 25.0 Å². The Morgan fingerprint density at radius 2 is 1.83 bits per heavy atom. The Bertz CT molecular complexity index is 976. The van der Waals surface area contributed by atoms with Gasteiger partial charge < -0.3 is 15.2 Å². The van der Waals surface area contributed by atoms with Crippen molar-refractivity contribution in [3.05, 3.63) is 30.0 Å². The number of phenolic OH excluding ortho intramolecular Hbond substituents is 1. The van der Waals surface area contributed by atoms with Crippen LogP contribution in [0.25, 0.3) is 0 Å². The molecule has 0 radical (unpaired) electrons. The average molecular weight is 579 g/mol. The maximum Gasteiger partial charge on any atom is 0.310 e. The van der Waals surface area contributed by atoms with Crippen LogP contribution in [-0.4, -0.2) is 68.4 Å². The van der Waals surface area contributed by atoms with Gasteiger partial charge >= 0.3 is 94.1 Å². The van der Waals surface area contributed by atoms with Crippen LogP contribution >= 0.6 is 11.6 Å². The molecular weight excluding hydrogens is 547 g/mol. The SMILES string of the molecule is CC(=O)Nc1ccc([As](=O)(O)O)c(O)c1.CCC(CC)OC1CC(NC(=O)CCl)=CC(C(=O)O)C1. The summed E-state index contributed by atoms with van der Waals surface area (Å²) in [6.45, 7) is 5.37. The molecule has 1 aliphatic rings. The fourth-order valence-corrected chi connectivity index (χ4v) is 4.77. The van der Waals surface area contributed by atoms with Gasteiger partial charge in [0.2, 0.25) is 5.91 Å². The van der Waals surface area contributed by atoms with E-state index in [1.54, 1.807) is 6.08 Å². The largest absolute Gasteiger partial charge is 0.481 e. The van der Waals surface area contributed by atoms with E-state index < -0.39 is 36.2 Å². The molecular formula is C22H32AsClN2O9. The summed E-state index contributed by atoms with van der Waals surface area (Å²) in [5.41, 5.74) is 0.873. The molecule has 6 N–H and O–H groups in total. The molecule has 1 aromatic rings. The predicted octanol–water partition coefficient (Wildman–Crippen LogP) is 1.21. The third kappa shape index (κ3) is 10.9. The van der Waals surface area contributed by atoms with Gasteiger partial charge in [0.25, 0.3) is 0 Å². The summed E-state index contributed by atoms with van der Waals surface area (Å²) in [4.78, 5) is 33.2. The third-order valence-corrected chi connectivity index (χ3v) is 7.36. The van der Waals surface area contributed by atoms with Gasteiger partial charge in [-0.05, 0) is 19.3 Å². The number of phenols is 1. The van der Waals surface area contributed by atoms with Crippen molar-refractivity contribution in [2.24, 2.45) is 5.92 Å². The second-order valence-corrected chi connectivity index (χ2v) is 11.4. The number of benzene rings is 1. The minimum absolute atomic E-state index is 0.123. The van der Waals surface area contributed by atoms with Crippen molar-refractivity contribution in [3.8, 4) is 5.75 Å². The van der Waals surface area contributed by atoms with E-state index in [0.29, 0.717) is 18.5 Å². The molecule has 13 heteroatoms. The first kappa shape index (κ1) is 30.7. The standard InChI is InChI=1S/C14H22ClNO4.C8H10AsNO5/c1-3-11(4-2)20-12-6-9(14(18)19)5-10(7-12)16-13(17)8-15;1-5(11)10-6-2-3-7(8(12)4-6)9(13,14)15/h5,9,11-12H,3-4,6-8H2,1-2H3,(H,16,17)(H,18,19);2-4,12H,1H3,(H,10,11)(H2,13,14,15). The number of ether oxygens (including phenoxy) is 1. The number of amides is 2. The van der Waals surface area contributed by atoms with Gasteiger partial charge in [-0.1, -0.05) is 19.9 Å². The molecule has 11 nitrogen and oxygen atoms in total. The van der Waals surface area contributed by atoms with Crippen LogP contribution in [0.2, 0.25) is 0 Å². The Balaban J connectivity index is 0.000000365. The molecule has 0 heterocycles. The number of carboxylic acids is 1. The van der Waals surface area contributed by atoms with Crippen molar-refractivity contribution < 1.29 is 41.3 Å². The normalized spacial score (nSPS) is 17.6. The number of hydrogen-bond acceptors (Lipinski definition) is 6. The first-order chi connectivity index (χ1) is 16.3. The van der Waals surface area contributed by atoms with Crippen LogP contribution in [-0.2, 0) is 22.9 Å². The summed E-state index contributed by atoms with van der Waals surface area (Å²) in [5, 5.41) is 23.5. The van der Waals surface area contributed by atoms with Crippen LogP contribution in [0.4, 0.5) is 5.69 Å². The van der Waals surface area contributed by atoms with E-state index in [-0.39, 0.29) is 35.6 Å². The van der Waals surface area contributed by atoms with Gasteiger partial charge in [0, 0.05) is 12.1 Å². The Labute approximate surface area is 211 Å². The summed E-state index contributed by atoms with van der Waals surface area (Å²) in [7, 11) is 0. The predicted molar refractivity (Wildman–Crippen MR) is 129 cm³/mol. The number of alkyl halides is 1. The van der Waals surface area contributed by atoms with Gasteiger partial charge in [-0.15, -0.1) is 11.6 Å². The zero-order valence-electron chi connectivity index (χ0n) is 19.7. The Kier molecular flexibility index (Phi) is 12.6. The van der Waals surface area contributed by atoms with E-state index in [2.05, 4.69) is 10.6 Å². The van der Waals surface area contributed by atoms with Crippen LogP contribution in [0.3, 0.4) is 0 Å². The van der Waals surface area contributed by atoms with Crippen molar-refractivity contribution in [1.29, 1.82) is 0 Å². The van der Waals surface area contributed by atoms with E-state index in [1.165, 1.54) is 13.0 Å². The molecule has 0 fully saturated rings. The maximum atomic E-state index is 11.3. The molecule has 2 amide bonds. The maximum absolute atomic E-state index is 11.3. The van der Waals surface area contributed by atoms with Crippen LogP contribution in [0.15, 0.2) is 30.0 Å². The molecule has 0 saturated carbocycles. The van der Waals surface area contributed by atoms with Gasteiger partial charge in [-0.25, -0.2) is 0 Å². The van der Waals surface area contributed by atoms with Gasteiger partial charge in [-0.3, -0.25) is 9.59 Å². The molecule has 2 rings (SSSR count). The molecule has 0 spiro atoms. The van der Waals surface area contributed by atoms with Crippen molar-refractivity contribution in [3.63, 3.8) is 0 Å². The van der Waals surface area contributed by atoms with Crippen LogP contribution in [0.1, 0.15) is 46.5 Å². The monoisotopic (exact) mass is 578 g/mol. The fraction of sp³-hybridized carbons (Fsp3) is 0.500. The van der Waals surface area contributed by atoms with Gasteiger partial charge in [-0.2, -0.15) is 0 Å². The van der Waals surface area contributed by atoms with Crippen molar-refractivity contribution in [2.45, 2.75) is 58.7 Å². The second-order valence-electron chi connectivity index (χ2n) is 7.88. The minimum Gasteiger partial charge on any atom is -0.481 e. The van der Waals surface area contributed by atoms with Gasteiger partial charge in [0.15, 0.2) is 0 Å². The van der Waals surface area contributed by atoms with Crippen molar-refractivity contribution in [1.82, 2.24) is 5.32 Å². The number of carboxylic acid groups (broad SMARTS) is 1. The molecule has 0 bridgehead atoms. The van der Waals surface area contributed by atoms with E-state index in [1.807, 2.05) is 13.8 Å². The van der Waals surface area contributed by atoms with Crippen LogP contribution in [0, 0.1) is 5.92 Å².